The molecule has 4 heteroatoms. The number of carbonyl (C=O) groups excluding carboxylic acids is 2. The Morgan fingerprint density at radius 3 is 2.44 bits per heavy atom. The summed E-state index contributed by atoms with van der Waals surface area (Å²) in [4.78, 5) is 25.8. The Morgan fingerprint density at radius 1 is 1.38 bits per heavy atom. The van der Waals surface area contributed by atoms with E-state index >= 15 is 0 Å². The van der Waals surface area contributed by atoms with Gasteiger partial charge in [-0.15, -0.1) is 0 Å². The van der Waals surface area contributed by atoms with Crippen molar-refractivity contribution in [3.8, 4) is 0 Å². The van der Waals surface area contributed by atoms with Crippen LogP contribution >= 0.6 is 0 Å². The molecule has 0 aromatic rings. The average molecular weight is 224 g/mol. The Balaban J connectivity index is 2.14. The van der Waals surface area contributed by atoms with E-state index in [1.807, 2.05) is 13.8 Å². The van der Waals surface area contributed by atoms with Gasteiger partial charge in [0, 0.05) is 19.0 Å². The van der Waals surface area contributed by atoms with Crippen LogP contribution in [0.25, 0.3) is 0 Å². The monoisotopic (exact) mass is 224 g/mol. The van der Waals surface area contributed by atoms with Crippen LogP contribution in [0.5, 0.6) is 0 Å². The minimum Gasteiger partial charge on any atom is -0.352 e. The predicted molar refractivity (Wildman–Crippen MR) is 60.7 cm³/mol. The van der Waals surface area contributed by atoms with E-state index in [-0.39, 0.29) is 23.1 Å². The molecule has 1 saturated heterocycles. The molecule has 1 atom stereocenters. The number of piperazine rings is 1. The Hall–Kier alpha value is -1.06. The number of amides is 2. The average Bonchev–Trinajstić information content (AvgIpc) is 2.79. The zero-order valence-corrected chi connectivity index (χ0v) is 10.5. The summed E-state index contributed by atoms with van der Waals surface area (Å²) in [6.45, 7) is 9.04. The molecule has 2 fully saturated rings. The van der Waals surface area contributed by atoms with Gasteiger partial charge in [0.15, 0.2) is 0 Å². The molecule has 2 amide bonds. The summed E-state index contributed by atoms with van der Waals surface area (Å²) in [7, 11) is 0. The van der Waals surface area contributed by atoms with Crippen molar-refractivity contribution in [3.05, 3.63) is 0 Å². The van der Waals surface area contributed by atoms with Crippen LogP contribution in [0.4, 0.5) is 0 Å². The minimum atomic E-state index is -0.700. The molecule has 0 aromatic heterocycles. The molecule has 1 heterocycles. The second kappa shape index (κ2) is 3.22. The highest BCUT2D eigenvalue weighted by Gasteiger charge is 2.54. The maximum absolute atomic E-state index is 12.3. The molecule has 1 aliphatic carbocycles. The van der Waals surface area contributed by atoms with Gasteiger partial charge >= 0.3 is 0 Å². The molecule has 1 saturated carbocycles. The number of carbonyl (C=O) groups is 2. The van der Waals surface area contributed by atoms with Gasteiger partial charge in [-0.1, -0.05) is 13.8 Å². The van der Waals surface area contributed by atoms with Gasteiger partial charge in [0.2, 0.25) is 11.8 Å². The molecule has 1 N–H and O–H groups in total. The van der Waals surface area contributed by atoms with E-state index in [0.717, 1.165) is 6.42 Å². The lowest BCUT2D eigenvalue weighted by atomic mass is 9.97. The molecule has 90 valence electrons. The van der Waals surface area contributed by atoms with E-state index in [0.29, 0.717) is 13.1 Å². The first-order valence-corrected chi connectivity index (χ1v) is 5.86. The van der Waals surface area contributed by atoms with Crippen molar-refractivity contribution >= 4 is 11.8 Å². The van der Waals surface area contributed by atoms with Crippen molar-refractivity contribution in [1.29, 1.82) is 0 Å². The van der Waals surface area contributed by atoms with E-state index in [9.17, 15) is 9.59 Å². The second-order valence-electron chi connectivity index (χ2n) is 6.05. The largest absolute Gasteiger partial charge is 0.352 e. The van der Waals surface area contributed by atoms with Crippen LogP contribution < -0.4 is 5.32 Å². The van der Waals surface area contributed by atoms with Crippen LogP contribution in [0.2, 0.25) is 0 Å². The number of hydrogen-bond donors (Lipinski definition) is 1. The zero-order valence-electron chi connectivity index (χ0n) is 10.5. The van der Waals surface area contributed by atoms with E-state index in [4.69, 9.17) is 0 Å². The molecule has 4 nitrogen and oxygen atoms in total. The van der Waals surface area contributed by atoms with Gasteiger partial charge in [-0.05, 0) is 25.7 Å². The highest BCUT2D eigenvalue weighted by atomic mass is 16.2. The third-order valence-corrected chi connectivity index (χ3v) is 3.93. The van der Waals surface area contributed by atoms with Gasteiger partial charge < -0.3 is 10.2 Å². The summed E-state index contributed by atoms with van der Waals surface area (Å²) in [6, 6.07) is 0. The summed E-state index contributed by atoms with van der Waals surface area (Å²) in [5.74, 6) is 0.202. The van der Waals surface area contributed by atoms with Crippen LogP contribution in [0.1, 0.15) is 34.1 Å². The predicted octanol–water partition coefficient (Wildman–Crippen LogP) is 0.769. The van der Waals surface area contributed by atoms with Crippen LogP contribution in [-0.4, -0.2) is 35.3 Å². The summed E-state index contributed by atoms with van der Waals surface area (Å²) in [5.41, 5.74) is -0.574. The SMILES string of the molecule is CC1(C)CC1C(=O)N1CCNC(=O)C1(C)C. The molecule has 0 aromatic carbocycles. The Bertz CT molecular complexity index is 347. The first kappa shape index (κ1) is 11.4. The fourth-order valence-electron chi connectivity index (χ4n) is 2.36. The van der Waals surface area contributed by atoms with Gasteiger partial charge in [0.1, 0.15) is 5.54 Å². The third-order valence-electron chi connectivity index (χ3n) is 3.93. The summed E-state index contributed by atoms with van der Waals surface area (Å²) >= 11 is 0. The van der Waals surface area contributed by atoms with Crippen molar-refractivity contribution in [1.82, 2.24) is 10.2 Å². The van der Waals surface area contributed by atoms with E-state index in [1.165, 1.54) is 0 Å². The molecule has 0 bridgehead atoms. The van der Waals surface area contributed by atoms with E-state index in [2.05, 4.69) is 19.2 Å². The maximum Gasteiger partial charge on any atom is 0.245 e. The molecular weight excluding hydrogens is 204 g/mol. The fraction of sp³-hybridized carbons (Fsp3) is 0.833. The van der Waals surface area contributed by atoms with Crippen molar-refractivity contribution in [2.24, 2.45) is 11.3 Å². The van der Waals surface area contributed by atoms with Crippen LogP contribution in [-0.2, 0) is 9.59 Å². The lowest BCUT2D eigenvalue weighted by molar-refractivity contribution is -0.150. The first-order valence-electron chi connectivity index (χ1n) is 5.86. The second-order valence-corrected chi connectivity index (χ2v) is 6.05. The smallest absolute Gasteiger partial charge is 0.245 e. The lowest BCUT2D eigenvalue weighted by Crippen LogP contribution is -2.63. The van der Waals surface area contributed by atoms with Gasteiger partial charge in [-0.2, -0.15) is 0 Å². The molecule has 16 heavy (non-hydrogen) atoms. The highest BCUT2D eigenvalue weighted by Crippen LogP contribution is 2.53. The van der Waals surface area contributed by atoms with Gasteiger partial charge in [-0.25, -0.2) is 0 Å². The van der Waals surface area contributed by atoms with E-state index in [1.54, 1.807) is 4.90 Å². The third kappa shape index (κ3) is 1.60. The molecule has 1 unspecified atom stereocenters. The number of nitrogens with one attached hydrogen (secondary N) is 1. The standard InChI is InChI=1S/C12H20N2O2/c1-11(2)7-8(11)9(15)14-6-5-13-10(16)12(14,3)4/h8H,5-7H2,1-4H3,(H,13,16). The topological polar surface area (TPSA) is 49.4 Å². The van der Waals surface area contributed by atoms with Gasteiger partial charge in [-0.3, -0.25) is 9.59 Å². The summed E-state index contributed by atoms with van der Waals surface area (Å²) in [6.07, 6.45) is 0.944. The molecule has 0 spiro atoms. The van der Waals surface area contributed by atoms with Crippen LogP contribution in [0, 0.1) is 11.3 Å². The number of rotatable bonds is 1. The van der Waals surface area contributed by atoms with E-state index < -0.39 is 5.54 Å². The molecule has 0 radical (unpaired) electrons. The highest BCUT2D eigenvalue weighted by molar-refractivity contribution is 5.93. The van der Waals surface area contributed by atoms with Gasteiger partial charge in [0.05, 0.1) is 0 Å². The Kier molecular flexibility index (Phi) is 2.30. The molecular formula is C12H20N2O2. The number of hydrogen-bond acceptors (Lipinski definition) is 2. The Labute approximate surface area is 96.4 Å². The van der Waals surface area contributed by atoms with Crippen molar-refractivity contribution in [3.63, 3.8) is 0 Å². The summed E-state index contributed by atoms with van der Waals surface area (Å²) < 4.78 is 0. The van der Waals surface area contributed by atoms with Crippen LogP contribution in [0.3, 0.4) is 0 Å². The summed E-state index contributed by atoms with van der Waals surface area (Å²) in [5, 5.41) is 2.80. The molecule has 2 aliphatic rings. The lowest BCUT2D eigenvalue weighted by Gasteiger charge is -2.41. The fourth-order valence-corrected chi connectivity index (χ4v) is 2.36. The molecule has 1 aliphatic heterocycles. The minimum absolute atomic E-state index is 0.0504. The molecule has 2 rings (SSSR count). The zero-order chi connectivity index (χ0) is 12.1. The maximum atomic E-state index is 12.3. The normalized spacial score (nSPS) is 30.9. The van der Waals surface area contributed by atoms with Crippen molar-refractivity contribution in [2.45, 2.75) is 39.7 Å². The Morgan fingerprint density at radius 2 is 1.94 bits per heavy atom. The van der Waals surface area contributed by atoms with Gasteiger partial charge in [0.25, 0.3) is 0 Å². The van der Waals surface area contributed by atoms with Crippen LogP contribution in [0.15, 0.2) is 0 Å². The first-order chi connectivity index (χ1) is 7.27. The van der Waals surface area contributed by atoms with Crippen molar-refractivity contribution in [2.75, 3.05) is 13.1 Å². The number of nitrogens with zero attached hydrogens (tertiary/aromatic N) is 1. The van der Waals surface area contributed by atoms with Crippen molar-refractivity contribution < 1.29 is 9.59 Å². The quantitative estimate of drug-likeness (QED) is 0.715.